The standard InChI is InChI=1S/C9H12F3NO/c1-3-7(4-2)13-8(14)5-6-9(10,11)12/h1,7H,4-6H2,2H3,(H,13,14). The summed E-state index contributed by atoms with van der Waals surface area (Å²) in [5.41, 5.74) is 0. The summed E-state index contributed by atoms with van der Waals surface area (Å²) in [6.07, 6.45) is -0.441. The van der Waals surface area contributed by atoms with Crippen LogP contribution in [-0.2, 0) is 4.79 Å². The molecule has 1 unspecified atom stereocenters. The molecular weight excluding hydrogens is 195 g/mol. The van der Waals surface area contributed by atoms with Crippen molar-refractivity contribution in [3.63, 3.8) is 0 Å². The van der Waals surface area contributed by atoms with Crippen LogP contribution < -0.4 is 5.32 Å². The first-order valence-electron chi connectivity index (χ1n) is 4.21. The molecule has 0 aromatic heterocycles. The largest absolute Gasteiger partial charge is 0.389 e. The minimum Gasteiger partial charge on any atom is -0.342 e. The Morgan fingerprint density at radius 1 is 1.57 bits per heavy atom. The molecule has 0 aromatic rings. The fourth-order valence-corrected chi connectivity index (χ4v) is 0.783. The molecule has 0 heterocycles. The number of carbonyl (C=O) groups excluding carboxylic acids is 1. The average molecular weight is 207 g/mol. The summed E-state index contributed by atoms with van der Waals surface area (Å²) in [6.45, 7) is 1.74. The van der Waals surface area contributed by atoms with Crippen molar-refractivity contribution >= 4 is 5.91 Å². The summed E-state index contributed by atoms with van der Waals surface area (Å²) in [4.78, 5) is 10.9. The first-order valence-corrected chi connectivity index (χ1v) is 4.21. The van der Waals surface area contributed by atoms with Crippen LogP contribution in [0.2, 0.25) is 0 Å². The van der Waals surface area contributed by atoms with E-state index in [0.717, 1.165) is 0 Å². The molecule has 5 heteroatoms. The third-order valence-electron chi connectivity index (χ3n) is 1.58. The van der Waals surface area contributed by atoms with Crippen molar-refractivity contribution in [1.29, 1.82) is 0 Å². The van der Waals surface area contributed by atoms with E-state index >= 15 is 0 Å². The zero-order chi connectivity index (χ0) is 11.2. The van der Waals surface area contributed by atoms with Crippen LogP contribution in [0.3, 0.4) is 0 Å². The average Bonchev–Trinajstić information content (AvgIpc) is 2.09. The summed E-state index contributed by atoms with van der Waals surface area (Å²) in [7, 11) is 0. The third kappa shape index (κ3) is 6.35. The van der Waals surface area contributed by atoms with Crippen LogP contribution in [0.25, 0.3) is 0 Å². The molecule has 0 fully saturated rings. The molecule has 0 radical (unpaired) electrons. The highest BCUT2D eigenvalue weighted by atomic mass is 19.4. The lowest BCUT2D eigenvalue weighted by molar-refractivity contribution is -0.144. The quantitative estimate of drug-likeness (QED) is 0.700. The van der Waals surface area contributed by atoms with Crippen molar-refractivity contribution in [2.45, 2.75) is 38.4 Å². The summed E-state index contributed by atoms with van der Waals surface area (Å²) in [5.74, 6) is 1.61. The highest BCUT2D eigenvalue weighted by Gasteiger charge is 2.28. The maximum atomic E-state index is 11.7. The molecule has 2 nitrogen and oxygen atoms in total. The van der Waals surface area contributed by atoms with Crippen LogP contribution in [0.5, 0.6) is 0 Å². The second-order valence-corrected chi connectivity index (χ2v) is 2.81. The molecule has 0 aliphatic carbocycles. The Balaban J connectivity index is 3.83. The molecule has 1 N–H and O–H groups in total. The maximum Gasteiger partial charge on any atom is 0.389 e. The predicted octanol–water partition coefficient (Wildman–Crippen LogP) is 1.86. The van der Waals surface area contributed by atoms with E-state index < -0.39 is 31.0 Å². The fourth-order valence-electron chi connectivity index (χ4n) is 0.783. The van der Waals surface area contributed by atoms with E-state index in [9.17, 15) is 18.0 Å². The van der Waals surface area contributed by atoms with E-state index in [4.69, 9.17) is 6.42 Å². The minimum atomic E-state index is -4.30. The molecule has 0 aromatic carbocycles. The lowest BCUT2D eigenvalue weighted by Crippen LogP contribution is -2.33. The number of hydrogen-bond donors (Lipinski definition) is 1. The number of rotatable bonds is 4. The van der Waals surface area contributed by atoms with Crippen LogP contribution in [-0.4, -0.2) is 18.1 Å². The number of alkyl halides is 3. The molecule has 0 aliphatic rings. The van der Waals surface area contributed by atoms with Gasteiger partial charge in [0.1, 0.15) is 0 Å². The molecule has 0 bridgehead atoms. The van der Waals surface area contributed by atoms with Crippen LogP contribution in [0.15, 0.2) is 0 Å². The van der Waals surface area contributed by atoms with E-state index in [1.165, 1.54) is 0 Å². The Morgan fingerprint density at radius 3 is 2.50 bits per heavy atom. The highest BCUT2D eigenvalue weighted by Crippen LogP contribution is 2.20. The molecule has 1 atom stereocenters. The van der Waals surface area contributed by atoms with Gasteiger partial charge in [-0.25, -0.2) is 0 Å². The smallest absolute Gasteiger partial charge is 0.342 e. The Labute approximate surface area is 80.9 Å². The Kier molecular flexibility index (Phi) is 5.06. The van der Waals surface area contributed by atoms with Gasteiger partial charge in [-0.15, -0.1) is 6.42 Å². The Bertz CT molecular complexity index is 229. The lowest BCUT2D eigenvalue weighted by Gasteiger charge is -2.11. The summed E-state index contributed by atoms with van der Waals surface area (Å²) >= 11 is 0. The number of hydrogen-bond acceptors (Lipinski definition) is 1. The number of amides is 1. The molecule has 0 saturated heterocycles. The van der Waals surface area contributed by atoms with Gasteiger partial charge in [0.25, 0.3) is 0 Å². The van der Waals surface area contributed by atoms with Crippen molar-refractivity contribution < 1.29 is 18.0 Å². The third-order valence-corrected chi connectivity index (χ3v) is 1.58. The second kappa shape index (κ2) is 5.53. The molecule has 0 saturated carbocycles. The van der Waals surface area contributed by atoms with Crippen LogP contribution >= 0.6 is 0 Å². The Morgan fingerprint density at radius 2 is 2.14 bits per heavy atom. The lowest BCUT2D eigenvalue weighted by atomic mass is 10.2. The van der Waals surface area contributed by atoms with Crippen molar-refractivity contribution in [3.8, 4) is 12.3 Å². The van der Waals surface area contributed by atoms with E-state index in [1.807, 2.05) is 0 Å². The van der Waals surface area contributed by atoms with Crippen molar-refractivity contribution in [2.75, 3.05) is 0 Å². The summed E-state index contributed by atoms with van der Waals surface area (Å²) in [5, 5.41) is 2.31. The number of nitrogens with one attached hydrogen (secondary N) is 1. The molecular formula is C9H12F3NO. The van der Waals surface area contributed by atoms with Crippen molar-refractivity contribution in [3.05, 3.63) is 0 Å². The predicted molar refractivity (Wildman–Crippen MR) is 46.3 cm³/mol. The van der Waals surface area contributed by atoms with Gasteiger partial charge in [0.15, 0.2) is 0 Å². The van der Waals surface area contributed by atoms with Gasteiger partial charge in [-0.1, -0.05) is 12.8 Å². The minimum absolute atomic E-state index is 0.476. The SMILES string of the molecule is C#CC(CC)NC(=O)CCC(F)(F)F. The van der Waals surface area contributed by atoms with Crippen LogP contribution in [0.1, 0.15) is 26.2 Å². The van der Waals surface area contributed by atoms with Crippen molar-refractivity contribution in [1.82, 2.24) is 5.32 Å². The molecule has 0 spiro atoms. The number of halogens is 3. The van der Waals surface area contributed by atoms with E-state index in [1.54, 1.807) is 6.92 Å². The zero-order valence-electron chi connectivity index (χ0n) is 7.82. The highest BCUT2D eigenvalue weighted by molar-refractivity contribution is 5.76. The Hall–Kier alpha value is -1.18. The molecule has 80 valence electrons. The summed E-state index contributed by atoms with van der Waals surface area (Å²) in [6, 6.07) is -0.476. The molecule has 1 amide bonds. The maximum absolute atomic E-state index is 11.7. The number of carbonyl (C=O) groups is 1. The van der Waals surface area contributed by atoms with Crippen molar-refractivity contribution in [2.24, 2.45) is 0 Å². The fraction of sp³-hybridized carbons (Fsp3) is 0.667. The normalized spacial score (nSPS) is 13.1. The van der Waals surface area contributed by atoms with E-state index in [-0.39, 0.29) is 0 Å². The molecule has 0 rings (SSSR count). The van der Waals surface area contributed by atoms with Gasteiger partial charge in [-0.05, 0) is 6.42 Å². The van der Waals surface area contributed by atoms with Gasteiger partial charge in [0.2, 0.25) is 5.91 Å². The monoisotopic (exact) mass is 207 g/mol. The first-order chi connectivity index (χ1) is 6.39. The topological polar surface area (TPSA) is 29.1 Å². The van der Waals surface area contributed by atoms with Crippen LogP contribution in [0.4, 0.5) is 13.2 Å². The van der Waals surface area contributed by atoms with Crippen LogP contribution in [0, 0.1) is 12.3 Å². The zero-order valence-corrected chi connectivity index (χ0v) is 7.82. The second-order valence-electron chi connectivity index (χ2n) is 2.81. The molecule has 0 aliphatic heterocycles. The van der Waals surface area contributed by atoms with E-state index in [0.29, 0.717) is 6.42 Å². The van der Waals surface area contributed by atoms with Gasteiger partial charge in [-0.3, -0.25) is 4.79 Å². The first kappa shape index (κ1) is 12.8. The molecule has 14 heavy (non-hydrogen) atoms. The van der Waals surface area contributed by atoms with Gasteiger partial charge >= 0.3 is 6.18 Å². The van der Waals surface area contributed by atoms with Gasteiger partial charge in [0, 0.05) is 6.42 Å². The van der Waals surface area contributed by atoms with Gasteiger partial charge in [-0.2, -0.15) is 13.2 Å². The number of terminal acetylenes is 1. The summed E-state index contributed by atoms with van der Waals surface area (Å²) < 4.78 is 35.1. The van der Waals surface area contributed by atoms with E-state index in [2.05, 4.69) is 11.2 Å². The van der Waals surface area contributed by atoms with Gasteiger partial charge < -0.3 is 5.32 Å². The van der Waals surface area contributed by atoms with Gasteiger partial charge in [0.05, 0.1) is 12.5 Å².